The second-order valence-electron chi connectivity index (χ2n) is 8.88. The Morgan fingerprint density at radius 3 is 2.00 bits per heavy atom. The number of nitrogens with one attached hydrogen (secondary N) is 1. The van der Waals surface area contributed by atoms with E-state index in [-0.39, 0.29) is 24.5 Å². The molecule has 1 heterocycles. The van der Waals surface area contributed by atoms with Gasteiger partial charge in [-0.05, 0) is 60.7 Å². The van der Waals surface area contributed by atoms with Crippen LogP contribution in [0.4, 0.5) is 11.4 Å². The molecule has 0 bridgehead atoms. The Hall–Kier alpha value is -4.38. The van der Waals surface area contributed by atoms with Gasteiger partial charge in [0.05, 0.1) is 23.0 Å². The number of carbonyl (C=O) groups is 2. The van der Waals surface area contributed by atoms with Gasteiger partial charge in [-0.15, -0.1) is 0 Å². The molecule has 5 nitrogen and oxygen atoms in total. The first-order valence-corrected chi connectivity index (χ1v) is 12.2. The molecule has 0 spiro atoms. The fraction of sp³-hybridized carbons (Fsp3) is 0.161. The van der Waals surface area contributed by atoms with Crippen LogP contribution in [0.5, 0.6) is 5.75 Å². The van der Waals surface area contributed by atoms with E-state index in [0.29, 0.717) is 11.3 Å². The summed E-state index contributed by atoms with van der Waals surface area (Å²) in [6.07, 6.45) is 1.72. The summed E-state index contributed by atoms with van der Waals surface area (Å²) < 4.78 is 5.98. The minimum absolute atomic E-state index is 0.168. The number of hydrogen-bond donors (Lipinski definition) is 1. The first-order chi connectivity index (χ1) is 17.6. The minimum Gasteiger partial charge on any atom is -0.483 e. The van der Waals surface area contributed by atoms with Crippen LogP contribution >= 0.6 is 0 Å². The van der Waals surface area contributed by atoms with Crippen LogP contribution in [0.3, 0.4) is 0 Å². The second-order valence-corrected chi connectivity index (χ2v) is 8.88. The number of rotatable bonds is 6. The molecule has 0 saturated carbocycles. The summed E-state index contributed by atoms with van der Waals surface area (Å²) in [6, 6.07) is 32.6. The molecule has 1 N–H and O–H groups in total. The van der Waals surface area contributed by atoms with E-state index in [2.05, 4.69) is 17.4 Å². The van der Waals surface area contributed by atoms with Crippen LogP contribution in [0.1, 0.15) is 40.0 Å². The van der Waals surface area contributed by atoms with Crippen LogP contribution in [0.2, 0.25) is 0 Å². The van der Waals surface area contributed by atoms with E-state index in [4.69, 9.17) is 4.74 Å². The van der Waals surface area contributed by atoms with Crippen molar-refractivity contribution in [3.05, 3.63) is 125 Å². The predicted molar refractivity (Wildman–Crippen MR) is 142 cm³/mol. The van der Waals surface area contributed by atoms with Gasteiger partial charge in [0.15, 0.2) is 6.61 Å². The fourth-order valence-electron chi connectivity index (χ4n) is 4.63. The Morgan fingerprint density at radius 1 is 0.778 bits per heavy atom. The van der Waals surface area contributed by atoms with Crippen LogP contribution in [0.15, 0.2) is 103 Å². The van der Waals surface area contributed by atoms with Crippen LogP contribution in [0, 0.1) is 0 Å². The van der Waals surface area contributed by atoms with E-state index < -0.39 is 0 Å². The van der Waals surface area contributed by atoms with Gasteiger partial charge in [-0.3, -0.25) is 14.5 Å². The normalized spacial score (nSPS) is 13.1. The van der Waals surface area contributed by atoms with E-state index in [1.807, 2.05) is 73.7 Å². The molecule has 0 aliphatic carbocycles. The Labute approximate surface area is 211 Å². The summed E-state index contributed by atoms with van der Waals surface area (Å²) in [4.78, 5) is 28.4. The molecule has 0 aromatic heterocycles. The van der Waals surface area contributed by atoms with Crippen molar-refractivity contribution in [2.75, 3.05) is 11.5 Å². The molecule has 2 amide bonds. The van der Waals surface area contributed by atoms with Crippen molar-refractivity contribution in [1.82, 2.24) is 5.32 Å². The maximum Gasteiger partial charge on any atom is 0.269 e. The molecule has 36 heavy (non-hydrogen) atoms. The number of anilines is 2. The van der Waals surface area contributed by atoms with E-state index in [1.165, 1.54) is 0 Å². The molecule has 5 heteroatoms. The average Bonchev–Trinajstić information content (AvgIpc) is 3.09. The molecule has 1 atom stereocenters. The summed E-state index contributed by atoms with van der Waals surface area (Å²) in [5, 5.41) is 3.02. The van der Waals surface area contributed by atoms with Gasteiger partial charge in [-0.2, -0.15) is 0 Å². The number of benzene rings is 4. The van der Waals surface area contributed by atoms with E-state index in [1.54, 1.807) is 29.2 Å². The van der Waals surface area contributed by atoms with Gasteiger partial charge in [-0.1, -0.05) is 78.9 Å². The van der Waals surface area contributed by atoms with Crippen LogP contribution in [-0.2, 0) is 17.6 Å². The molecular weight excluding hydrogens is 448 g/mol. The van der Waals surface area contributed by atoms with Crippen LogP contribution in [-0.4, -0.2) is 18.4 Å². The lowest BCUT2D eigenvalue weighted by atomic mass is 10.0. The molecule has 0 saturated heterocycles. The molecule has 1 unspecified atom stereocenters. The maximum absolute atomic E-state index is 13.6. The van der Waals surface area contributed by atoms with Crippen molar-refractivity contribution < 1.29 is 14.3 Å². The van der Waals surface area contributed by atoms with Gasteiger partial charge < -0.3 is 10.1 Å². The third-order valence-corrected chi connectivity index (χ3v) is 6.51. The standard InChI is InChI=1S/C31H28N2O3/c1-22(23-11-3-2-4-12-23)32-31(35)26-15-7-10-18-29(26)36-21-30(34)33-27-16-8-5-13-24(27)19-20-25-14-6-9-17-28(25)33/h2-18,22H,19-21H2,1H3,(H,32,35). The SMILES string of the molecule is CC(NC(=O)c1ccccc1OCC(=O)N1c2ccccc2CCc2ccccc21)c1ccccc1. The lowest BCUT2D eigenvalue weighted by Crippen LogP contribution is -2.32. The zero-order valence-electron chi connectivity index (χ0n) is 20.2. The summed E-state index contributed by atoms with van der Waals surface area (Å²) in [6.45, 7) is 1.75. The number of amides is 2. The van der Waals surface area contributed by atoms with Crippen molar-refractivity contribution in [2.24, 2.45) is 0 Å². The smallest absolute Gasteiger partial charge is 0.269 e. The molecule has 4 aromatic carbocycles. The lowest BCUT2D eigenvalue weighted by molar-refractivity contribution is -0.119. The second kappa shape index (κ2) is 10.5. The highest BCUT2D eigenvalue weighted by molar-refractivity contribution is 6.03. The number of nitrogens with zero attached hydrogens (tertiary/aromatic N) is 1. The molecule has 1 aliphatic rings. The van der Waals surface area contributed by atoms with Crippen LogP contribution in [0.25, 0.3) is 0 Å². The summed E-state index contributed by atoms with van der Waals surface area (Å²) in [5.41, 5.74) is 5.40. The van der Waals surface area contributed by atoms with Crippen molar-refractivity contribution >= 4 is 23.2 Å². The number of hydrogen-bond acceptors (Lipinski definition) is 3. The van der Waals surface area contributed by atoms with Crippen molar-refractivity contribution in [1.29, 1.82) is 0 Å². The highest BCUT2D eigenvalue weighted by Crippen LogP contribution is 2.36. The van der Waals surface area contributed by atoms with E-state index >= 15 is 0 Å². The molecule has 0 fully saturated rings. The first kappa shape index (κ1) is 23.4. The van der Waals surface area contributed by atoms with Gasteiger partial charge in [0.2, 0.25) is 0 Å². The predicted octanol–water partition coefficient (Wildman–Crippen LogP) is 6.02. The maximum atomic E-state index is 13.6. The third-order valence-electron chi connectivity index (χ3n) is 6.51. The fourth-order valence-corrected chi connectivity index (χ4v) is 4.63. The topological polar surface area (TPSA) is 58.6 Å². The molecule has 4 aromatic rings. The quantitative estimate of drug-likeness (QED) is 0.370. The van der Waals surface area contributed by atoms with Gasteiger partial charge in [-0.25, -0.2) is 0 Å². The molecule has 180 valence electrons. The van der Waals surface area contributed by atoms with Gasteiger partial charge >= 0.3 is 0 Å². The Bertz CT molecular complexity index is 1340. The molecular formula is C31H28N2O3. The largest absolute Gasteiger partial charge is 0.483 e. The number of aryl methyl sites for hydroxylation is 2. The Kier molecular flexibility index (Phi) is 6.80. The number of ether oxygens (including phenoxy) is 1. The van der Waals surface area contributed by atoms with Crippen molar-refractivity contribution in [2.45, 2.75) is 25.8 Å². The van der Waals surface area contributed by atoms with Crippen molar-refractivity contribution in [3.8, 4) is 5.75 Å². The van der Waals surface area contributed by atoms with E-state index in [0.717, 1.165) is 40.9 Å². The van der Waals surface area contributed by atoms with E-state index in [9.17, 15) is 9.59 Å². The zero-order valence-corrected chi connectivity index (χ0v) is 20.2. The van der Waals surface area contributed by atoms with Gasteiger partial charge in [0.1, 0.15) is 5.75 Å². The zero-order chi connectivity index (χ0) is 24.9. The monoisotopic (exact) mass is 476 g/mol. The third kappa shape index (κ3) is 4.86. The lowest BCUT2D eigenvalue weighted by Gasteiger charge is -2.25. The van der Waals surface area contributed by atoms with Crippen LogP contribution < -0.4 is 15.0 Å². The van der Waals surface area contributed by atoms with Gasteiger partial charge in [0, 0.05) is 0 Å². The van der Waals surface area contributed by atoms with Gasteiger partial charge in [0.25, 0.3) is 11.8 Å². The molecule has 0 radical (unpaired) electrons. The summed E-state index contributed by atoms with van der Waals surface area (Å²) >= 11 is 0. The number of para-hydroxylation sites is 3. The molecule has 5 rings (SSSR count). The minimum atomic E-state index is -0.250. The number of carbonyl (C=O) groups excluding carboxylic acids is 2. The highest BCUT2D eigenvalue weighted by Gasteiger charge is 2.26. The van der Waals surface area contributed by atoms with Crippen molar-refractivity contribution in [3.63, 3.8) is 0 Å². The Balaban J connectivity index is 1.36. The Morgan fingerprint density at radius 2 is 1.33 bits per heavy atom. The first-order valence-electron chi connectivity index (χ1n) is 12.2. The summed E-state index contributed by atoms with van der Waals surface area (Å²) in [5.74, 6) is -0.0652. The molecule has 1 aliphatic heterocycles. The highest BCUT2D eigenvalue weighted by atomic mass is 16.5. The average molecular weight is 477 g/mol. The number of fused-ring (bicyclic) bond motifs is 2. The summed E-state index contributed by atoms with van der Waals surface area (Å²) in [7, 11) is 0.